The Labute approximate surface area is 143 Å². The summed E-state index contributed by atoms with van der Waals surface area (Å²) in [5, 5.41) is 0. The van der Waals surface area contributed by atoms with E-state index in [1.54, 1.807) is 12.0 Å². The minimum absolute atomic E-state index is 0.110. The SMILES string of the molecule is COc1ccc([C@H]2[C@H](C(=O)N3CCCCC3)CCC(=O)N2C)cc1. The minimum atomic E-state index is -0.188. The van der Waals surface area contributed by atoms with Crippen LogP contribution < -0.4 is 4.74 Å². The van der Waals surface area contributed by atoms with Crippen molar-refractivity contribution in [3.05, 3.63) is 29.8 Å². The fourth-order valence-electron chi connectivity index (χ4n) is 3.90. The summed E-state index contributed by atoms with van der Waals surface area (Å²) in [6.45, 7) is 1.70. The Morgan fingerprint density at radius 3 is 2.42 bits per heavy atom. The number of ether oxygens (including phenoxy) is 1. The maximum atomic E-state index is 13.1. The standard InChI is InChI=1S/C19H26N2O3/c1-20-17(22)11-10-16(19(23)21-12-4-3-5-13-21)18(20)14-6-8-15(24-2)9-7-14/h6-9,16,18H,3-5,10-13H2,1-2H3/t16-,18+/m1/s1. The molecule has 1 aromatic rings. The molecule has 0 spiro atoms. The van der Waals surface area contributed by atoms with E-state index >= 15 is 0 Å². The predicted molar refractivity (Wildman–Crippen MR) is 91.7 cm³/mol. The van der Waals surface area contributed by atoms with E-state index in [1.165, 1.54) is 6.42 Å². The zero-order valence-electron chi connectivity index (χ0n) is 14.5. The number of amides is 2. The van der Waals surface area contributed by atoms with Gasteiger partial charge in [-0.05, 0) is 43.4 Å². The first-order chi connectivity index (χ1) is 11.6. The molecule has 130 valence electrons. The lowest BCUT2D eigenvalue weighted by atomic mass is 9.83. The molecule has 2 atom stereocenters. The number of methoxy groups -OCH3 is 1. The lowest BCUT2D eigenvalue weighted by molar-refractivity contribution is -0.147. The third-order valence-corrected chi connectivity index (χ3v) is 5.30. The van der Waals surface area contributed by atoms with Crippen LogP contribution in [0.15, 0.2) is 24.3 Å². The quantitative estimate of drug-likeness (QED) is 0.856. The highest BCUT2D eigenvalue weighted by atomic mass is 16.5. The molecule has 0 bridgehead atoms. The van der Waals surface area contributed by atoms with Gasteiger partial charge in [-0.3, -0.25) is 9.59 Å². The molecule has 5 nitrogen and oxygen atoms in total. The highest BCUT2D eigenvalue weighted by molar-refractivity contribution is 5.85. The molecule has 0 saturated carbocycles. The van der Waals surface area contributed by atoms with E-state index in [-0.39, 0.29) is 23.8 Å². The van der Waals surface area contributed by atoms with E-state index in [0.29, 0.717) is 12.8 Å². The van der Waals surface area contributed by atoms with E-state index in [9.17, 15) is 9.59 Å². The summed E-state index contributed by atoms with van der Waals surface area (Å²) in [7, 11) is 3.45. The number of rotatable bonds is 3. The number of hydrogen-bond donors (Lipinski definition) is 0. The van der Waals surface area contributed by atoms with Crippen molar-refractivity contribution in [1.82, 2.24) is 9.80 Å². The summed E-state index contributed by atoms with van der Waals surface area (Å²) in [5.41, 5.74) is 1.00. The normalized spacial score (nSPS) is 24.8. The van der Waals surface area contributed by atoms with Gasteiger partial charge < -0.3 is 14.5 Å². The topological polar surface area (TPSA) is 49.9 Å². The van der Waals surface area contributed by atoms with E-state index < -0.39 is 0 Å². The monoisotopic (exact) mass is 330 g/mol. The Balaban J connectivity index is 1.86. The lowest BCUT2D eigenvalue weighted by Gasteiger charge is -2.41. The van der Waals surface area contributed by atoms with Crippen molar-refractivity contribution in [3.8, 4) is 5.75 Å². The molecule has 0 aliphatic carbocycles. The molecule has 0 aromatic heterocycles. The van der Waals surface area contributed by atoms with Gasteiger partial charge in [0.15, 0.2) is 0 Å². The number of hydrogen-bond acceptors (Lipinski definition) is 3. The highest BCUT2D eigenvalue weighted by Gasteiger charge is 2.40. The van der Waals surface area contributed by atoms with Gasteiger partial charge in [-0.2, -0.15) is 0 Å². The third kappa shape index (κ3) is 3.25. The van der Waals surface area contributed by atoms with Gasteiger partial charge in [-0.1, -0.05) is 12.1 Å². The molecule has 2 amide bonds. The first-order valence-electron chi connectivity index (χ1n) is 8.80. The smallest absolute Gasteiger partial charge is 0.228 e. The van der Waals surface area contributed by atoms with Gasteiger partial charge in [0.05, 0.1) is 19.1 Å². The predicted octanol–water partition coefficient (Wildman–Crippen LogP) is 2.62. The first-order valence-corrected chi connectivity index (χ1v) is 8.80. The Kier molecular flexibility index (Phi) is 5.07. The van der Waals surface area contributed by atoms with Crippen LogP contribution in [0.4, 0.5) is 0 Å². The van der Waals surface area contributed by atoms with Gasteiger partial charge in [0, 0.05) is 26.6 Å². The van der Waals surface area contributed by atoms with Gasteiger partial charge in [-0.15, -0.1) is 0 Å². The number of nitrogens with zero attached hydrogens (tertiary/aromatic N) is 2. The van der Waals surface area contributed by atoms with Crippen LogP contribution in [-0.4, -0.2) is 48.9 Å². The van der Waals surface area contributed by atoms with Gasteiger partial charge in [-0.25, -0.2) is 0 Å². The first kappa shape index (κ1) is 16.8. The molecule has 2 aliphatic heterocycles. The second-order valence-electron chi connectivity index (χ2n) is 6.75. The van der Waals surface area contributed by atoms with Gasteiger partial charge in [0.25, 0.3) is 0 Å². The van der Waals surface area contributed by atoms with E-state index in [1.807, 2.05) is 36.2 Å². The summed E-state index contributed by atoms with van der Waals surface area (Å²) >= 11 is 0. The van der Waals surface area contributed by atoms with Crippen LogP contribution in [0.2, 0.25) is 0 Å². The number of carbonyl (C=O) groups is 2. The van der Waals surface area contributed by atoms with Gasteiger partial charge in [0.2, 0.25) is 11.8 Å². The summed E-state index contributed by atoms with van der Waals surface area (Å²) < 4.78 is 5.22. The van der Waals surface area contributed by atoms with Crippen LogP contribution in [-0.2, 0) is 9.59 Å². The Hall–Kier alpha value is -2.04. The Morgan fingerprint density at radius 1 is 1.12 bits per heavy atom. The van der Waals surface area contributed by atoms with Gasteiger partial charge in [0.1, 0.15) is 5.75 Å². The third-order valence-electron chi connectivity index (χ3n) is 5.30. The van der Waals surface area contributed by atoms with Crippen molar-refractivity contribution in [2.24, 2.45) is 5.92 Å². The van der Waals surface area contributed by atoms with Crippen LogP contribution in [0.25, 0.3) is 0 Å². The molecule has 24 heavy (non-hydrogen) atoms. The maximum Gasteiger partial charge on any atom is 0.228 e. The molecule has 2 aliphatic rings. The van der Waals surface area contributed by atoms with Crippen LogP contribution in [0.1, 0.15) is 43.7 Å². The number of carbonyl (C=O) groups excluding carboxylic acids is 2. The molecular weight excluding hydrogens is 304 g/mol. The molecule has 1 aromatic carbocycles. The molecule has 0 radical (unpaired) electrons. The van der Waals surface area contributed by atoms with Crippen molar-refractivity contribution in [2.45, 2.75) is 38.1 Å². The van der Waals surface area contributed by atoms with E-state index in [2.05, 4.69) is 0 Å². The fourth-order valence-corrected chi connectivity index (χ4v) is 3.90. The van der Waals surface area contributed by atoms with Crippen molar-refractivity contribution in [1.29, 1.82) is 0 Å². The van der Waals surface area contributed by atoms with Crippen molar-refractivity contribution < 1.29 is 14.3 Å². The number of benzene rings is 1. The molecule has 2 heterocycles. The average molecular weight is 330 g/mol. The Morgan fingerprint density at radius 2 is 1.79 bits per heavy atom. The van der Waals surface area contributed by atoms with Crippen molar-refractivity contribution >= 4 is 11.8 Å². The van der Waals surface area contributed by atoms with Crippen molar-refractivity contribution in [2.75, 3.05) is 27.2 Å². The Bertz CT molecular complexity index is 593. The van der Waals surface area contributed by atoms with Crippen LogP contribution in [0.3, 0.4) is 0 Å². The van der Waals surface area contributed by atoms with Gasteiger partial charge >= 0.3 is 0 Å². The highest BCUT2D eigenvalue weighted by Crippen LogP contribution is 2.37. The van der Waals surface area contributed by atoms with Crippen molar-refractivity contribution in [3.63, 3.8) is 0 Å². The fraction of sp³-hybridized carbons (Fsp3) is 0.579. The minimum Gasteiger partial charge on any atom is -0.497 e. The molecule has 2 fully saturated rings. The summed E-state index contributed by atoms with van der Waals surface area (Å²) in [6, 6.07) is 7.53. The lowest BCUT2D eigenvalue weighted by Crippen LogP contribution is -2.48. The second-order valence-corrected chi connectivity index (χ2v) is 6.75. The summed E-state index contributed by atoms with van der Waals surface area (Å²) in [5.74, 6) is 0.940. The summed E-state index contributed by atoms with van der Waals surface area (Å²) in [6.07, 6.45) is 4.46. The van der Waals surface area contributed by atoms with Crippen LogP contribution in [0.5, 0.6) is 5.75 Å². The molecule has 0 N–H and O–H groups in total. The molecule has 2 saturated heterocycles. The zero-order valence-corrected chi connectivity index (χ0v) is 14.5. The largest absolute Gasteiger partial charge is 0.497 e. The molecular formula is C19H26N2O3. The number of likely N-dealkylation sites (tertiary alicyclic amines) is 2. The second kappa shape index (κ2) is 7.24. The van der Waals surface area contributed by atoms with Crippen LogP contribution >= 0.6 is 0 Å². The number of piperidine rings is 2. The molecule has 0 unspecified atom stereocenters. The summed E-state index contributed by atoms with van der Waals surface area (Å²) in [4.78, 5) is 29.0. The van der Waals surface area contributed by atoms with Crippen LogP contribution in [0, 0.1) is 5.92 Å². The maximum absolute atomic E-state index is 13.1. The molecule has 5 heteroatoms. The van der Waals surface area contributed by atoms with E-state index in [4.69, 9.17) is 4.74 Å². The average Bonchev–Trinajstić information content (AvgIpc) is 2.64. The van der Waals surface area contributed by atoms with E-state index in [0.717, 1.165) is 37.2 Å². The molecule has 3 rings (SSSR count). The zero-order chi connectivity index (χ0) is 17.1.